The number of nitrogens with zero attached hydrogens (tertiary/aromatic N) is 3. The van der Waals surface area contributed by atoms with Crippen molar-refractivity contribution in [2.75, 3.05) is 27.3 Å². The lowest BCUT2D eigenvalue weighted by Crippen LogP contribution is -2.40. The lowest BCUT2D eigenvalue weighted by atomic mass is 9.96. The van der Waals surface area contributed by atoms with Crippen molar-refractivity contribution in [3.05, 3.63) is 70.5 Å². The van der Waals surface area contributed by atoms with Crippen molar-refractivity contribution in [3.63, 3.8) is 0 Å². The molecular weight excluding hydrogens is 408 g/mol. The molecule has 3 aromatic rings. The van der Waals surface area contributed by atoms with Gasteiger partial charge >= 0.3 is 0 Å². The molecule has 1 atom stereocenters. The summed E-state index contributed by atoms with van der Waals surface area (Å²) in [6, 6.07) is 10.6. The van der Waals surface area contributed by atoms with Crippen LogP contribution in [0, 0.1) is 0 Å². The maximum Gasteiger partial charge on any atom is 0.251 e. The Hall–Kier alpha value is -3.68. The van der Waals surface area contributed by atoms with E-state index in [1.54, 1.807) is 32.7 Å². The van der Waals surface area contributed by atoms with Crippen LogP contribution >= 0.6 is 0 Å². The van der Waals surface area contributed by atoms with Gasteiger partial charge in [-0.25, -0.2) is 4.98 Å². The minimum absolute atomic E-state index is 0.00823. The summed E-state index contributed by atoms with van der Waals surface area (Å²) in [6.45, 7) is 1.18. The number of carbonyl (C=O) groups excluding carboxylic acids is 1. The number of rotatable bonds is 6. The molecule has 1 N–H and O–H groups in total. The molecule has 1 amide bonds. The minimum atomic E-state index is -0.202. The second kappa shape index (κ2) is 9.64. The van der Waals surface area contributed by atoms with Crippen molar-refractivity contribution in [2.24, 2.45) is 0 Å². The van der Waals surface area contributed by atoms with E-state index in [4.69, 9.17) is 14.5 Å². The van der Waals surface area contributed by atoms with E-state index in [9.17, 15) is 9.59 Å². The molecule has 1 aliphatic heterocycles. The quantitative estimate of drug-likeness (QED) is 0.641. The Morgan fingerprint density at radius 3 is 2.72 bits per heavy atom. The number of ether oxygens (including phenoxy) is 2. The predicted octanol–water partition coefficient (Wildman–Crippen LogP) is 2.80. The highest BCUT2D eigenvalue weighted by molar-refractivity contribution is 5.80. The van der Waals surface area contributed by atoms with Crippen LogP contribution in [0.4, 0.5) is 0 Å². The predicted molar refractivity (Wildman–Crippen MR) is 120 cm³/mol. The third-order valence-corrected chi connectivity index (χ3v) is 5.73. The third kappa shape index (κ3) is 4.80. The van der Waals surface area contributed by atoms with E-state index >= 15 is 0 Å². The highest BCUT2D eigenvalue weighted by atomic mass is 16.5. The number of amides is 1. The van der Waals surface area contributed by atoms with E-state index in [1.165, 1.54) is 6.07 Å². The lowest BCUT2D eigenvalue weighted by molar-refractivity contribution is -0.131. The van der Waals surface area contributed by atoms with E-state index < -0.39 is 0 Å². The van der Waals surface area contributed by atoms with Gasteiger partial charge in [0, 0.05) is 48.6 Å². The van der Waals surface area contributed by atoms with Gasteiger partial charge in [0.25, 0.3) is 5.56 Å². The number of hydrogen-bond donors (Lipinski definition) is 1. The van der Waals surface area contributed by atoms with Crippen molar-refractivity contribution < 1.29 is 14.3 Å². The van der Waals surface area contributed by atoms with Gasteiger partial charge in [0.2, 0.25) is 5.91 Å². The molecule has 0 bridgehead atoms. The van der Waals surface area contributed by atoms with Gasteiger partial charge < -0.3 is 19.4 Å². The van der Waals surface area contributed by atoms with E-state index in [0.29, 0.717) is 36.1 Å². The van der Waals surface area contributed by atoms with Crippen LogP contribution in [-0.2, 0) is 11.2 Å². The molecule has 0 radical (unpaired) electrons. The summed E-state index contributed by atoms with van der Waals surface area (Å²) in [6.07, 6.45) is 5.26. The van der Waals surface area contributed by atoms with Crippen LogP contribution in [-0.4, -0.2) is 53.1 Å². The van der Waals surface area contributed by atoms with Crippen LogP contribution in [0.25, 0.3) is 11.3 Å². The number of likely N-dealkylation sites (tertiary alicyclic amines) is 1. The Morgan fingerprint density at radius 1 is 1.16 bits per heavy atom. The highest BCUT2D eigenvalue weighted by Gasteiger charge is 2.27. The lowest BCUT2D eigenvalue weighted by Gasteiger charge is -2.32. The Balaban J connectivity index is 1.52. The largest absolute Gasteiger partial charge is 0.497 e. The summed E-state index contributed by atoms with van der Waals surface area (Å²) in [5.41, 5.74) is 2.02. The molecule has 32 heavy (non-hydrogen) atoms. The molecule has 2 aromatic heterocycles. The highest BCUT2D eigenvalue weighted by Crippen LogP contribution is 2.28. The van der Waals surface area contributed by atoms with E-state index in [0.717, 1.165) is 24.0 Å². The van der Waals surface area contributed by atoms with Crippen molar-refractivity contribution in [2.45, 2.75) is 25.2 Å². The molecule has 1 saturated heterocycles. The van der Waals surface area contributed by atoms with Gasteiger partial charge in [0.05, 0.1) is 26.3 Å². The number of hydrogen-bond acceptors (Lipinski definition) is 6. The summed E-state index contributed by atoms with van der Waals surface area (Å²) in [4.78, 5) is 38.8. The van der Waals surface area contributed by atoms with Crippen LogP contribution in [0.3, 0.4) is 0 Å². The Bertz CT molecular complexity index is 1150. The number of methoxy groups -OCH3 is 2. The topological polar surface area (TPSA) is 97.4 Å². The molecule has 1 fully saturated rings. The SMILES string of the molecule is COc1ccc(OC)c(CC(=O)N2CCC[C@H](c3nc(-c4ccncc4)cc(=O)[nH]3)C2)c1. The van der Waals surface area contributed by atoms with Gasteiger partial charge in [-0.2, -0.15) is 0 Å². The Labute approximate surface area is 186 Å². The van der Waals surface area contributed by atoms with E-state index in [1.807, 2.05) is 29.2 Å². The fourth-order valence-electron chi connectivity index (χ4n) is 4.06. The Kier molecular flexibility index (Phi) is 6.49. The number of benzene rings is 1. The van der Waals surface area contributed by atoms with Crippen LogP contribution in [0.5, 0.6) is 11.5 Å². The molecule has 1 aromatic carbocycles. The summed E-state index contributed by atoms with van der Waals surface area (Å²) in [5.74, 6) is 1.92. The number of nitrogens with one attached hydrogen (secondary N) is 1. The number of aromatic nitrogens is 3. The van der Waals surface area contributed by atoms with Crippen molar-refractivity contribution in [1.82, 2.24) is 19.9 Å². The van der Waals surface area contributed by atoms with Crippen LogP contribution in [0.15, 0.2) is 53.6 Å². The van der Waals surface area contributed by atoms with Gasteiger partial charge in [-0.15, -0.1) is 0 Å². The van der Waals surface area contributed by atoms with Crippen molar-refractivity contribution >= 4 is 5.91 Å². The molecule has 8 nitrogen and oxygen atoms in total. The molecule has 0 spiro atoms. The normalized spacial score (nSPS) is 15.9. The van der Waals surface area contributed by atoms with E-state index in [2.05, 4.69) is 9.97 Å². The summed E-state index contributed by atoms with van der Waals surface area (Å²) >= 11 is 0. The van der Waals surface area contributed by atoms with Crippen molar-refractivity contribution in [1.29, 1.82) is 0 Å². The maximum atomic E-state index is 13.1. The van der Waals surface area contributed by atoms with Crippen LogP contribution in [0.1, 0.15) is 30.1 Å². The number of pyridine rings is 1. The molecule has 0 saturated carbocycles. The number of H-pyrrole nitrogens is 1. The molecule has 8 heteroatoms. The zero-order chi connectivity index (χ0) is 22.5. The second-order valence-corrected chi connectivity index (χ2v) is 7.79. The first-order chi connectivity index (χ1) is 15.6. The summed E-state index contributed by atoms with van der Waals surface area (Å²) < 4.78 is 10.7. The van der Waals surface area contributed by atoms with Crippen molar-refractivity contribution in [3.8, 4) is 22.8 Å². The van der Waals surface area contributed by atoms with Gasteiger partial charge in [-0.05, 0) is 43.2 Å². The first-order valence-corrected chi connectivity index (χ1v) is 10.6. The number of carbonyl (C=O) groups is 1. The first-order valence-electron chi connectivity index (χ1n) is 10.6. The van der Waals surface area contributed by atoms with Crippen LogP contribution in [0.2, 0.25) is 0 Å². The molecule has 3 heterocycles. The third-order valence-electron chi connectivity index (χ3n) is 5.73. The van der Waals surface area contributed by atoms with E-state index in [-0.39, 0.29) is 23.8 Å². The van der Waals surface area contributed by atoms with Gasteiger partial charge in [-0.3, -0.25) is 14.6 Å². The zero-order valence-electron chi connectivity index (χ0n) is 18.2. The van der Waals surface area contributed by atoms with Crippen LogP contribution < -0.4 is 15.0 Å². The molecule has 166 valence electrons. The number of aromatic amines is 1. The average Bonchev–Trinajstić information content (AvgIpc) is 2.84. The fraction of sp³-hybridized carbons (Fsp3) is 0.333. The zero-order valence-corrected chi connectivity index (χ0v) is 18.2. The smallest absolute Gasteiger partial charge is 0.251 e. The average molecular weight is 434 g/mol. The summed E-state index contributed by atoms with van der Waals surface area (Å²) in [5, 5.41) is 0. The molecule has 4 rings (SSSR count). The Morgan fingerprint density at radius 2 is 1.97 bits per heavy atom. The monoisotopic (exact) mass is 434 g/mol. The standard InChI is InChI=1S/C24H26N4O4/c1-31-19-5-6-21(32-2)18(12-19)13-23(30)28-11-3-4-17(15-28)24-26-20(14-22(29)27-24)16-7-9-25-10-8-16/h5-10,12,14,17H,3-4,11,13,15H2,1-2H3,(H,26,27,29)/t17-/m0/s1. The first kappa shape index (κ1) is 21.5. The summed E-state index contributed by atoms with van der Waals surface area (Å²) in [7, 11) is 3.18. The molecule has 0 aliphatic carbocycles. The molecular formula is C24H26N4O4. The number of piperidine rings is 1. The van der Waals surface area contributed by atoms with Gasteiger partial charge in [0.1, 0.15) is 17.3 Å². The molecule has 1 aliphatic rings. The fourth-order valence-corrected chi connectivity index (χ4v) is 4.06. The maximum absolute atomic E-state index is 13.1. The van der Waals surface area contributed by atoms with Gasteiger partial charge in [-0.1, -0.05) is 0 Å². The minimum Gasteiger partial charge on any atom is -0.497 e. The second-order valence-electron chi connectivity index (χ2n) is 7.79. The molecule has 0 unspecified atom stereocenters. The van der Waals surface area contributed by atoms with Gasteiger partial charge in [0.15, 0.2) is 0 Å².